The van der Waals surface area contributed by atoms with Crippen LogP contribution in [0.2, 0.25) is 0 Å². The second kappa shape index (κ2) is 37.1. The lowest BCUT2D eigenvalue weighted by atomic mass is 10.0. The maximum absolute atomic E-state index is 12.5. The molecule has 0 radical (unpaired) electrons. The zero-order valence-electron chi connectivity index (χ0n) is 34.2. The molecular formula is C42H87NO6P+. The van der Waals surface area contributed by atoms with Gasteiger partial charge in [0.25, 0.3) is 0 Å². The summed E-state index contributed by atoms with van der Waals surface area (Å²) in [5, 5.41) is 0. The molecule has 2 atom stereocenters. The van der Waals surface area contributed by atoms with Crippen LogP contribution in [0.3, 0.4) is 0 Å². The summed E-state index contributed by atoms with van der Waals surface area (Å²) in [4.78, 5) is 10.2. The van der Waals surface area contributed by atoms with Gasteiger partial charge in [-0.2, -0.15) is 0 Å². The molecule has 0 aliphatic carbocycles. The summed E-state index contributed by atoms with van der Waals surface area (Å²) in [5.74, 6) is 0. The molecular weight excluding hydrogens is 645 g/mol. The molecule has 0 saturated heterocycles. The Hall–Kier alpha value is -0.270. The van der Waals surface area contributed by atoms with Crippen LogP contribution >= 0.6 is 7.82 Å². The monoisotopic (exact) mass is 733 g/mol. The molecule has 8 heteroatoms. The lowest BCUT2D eigenvalue weighted by Gasteiger charge is -2.24. The third-order valence-corrected chi connectivity index (χ3v) is 10.4. The molecule has 0 aromatic heterocycles. The van der Waals surface area contributed by atoms with Crippen LogP contribution in [0.15, 0.2) is 12.2 Å². The SMILES string of the molecule is CCCCCCCC/C=C\CCCCCCCCOCC(COP(=O)(O)OCC[N+](C)(C)C)OCCCCCCCCCCCCCCCC. The van der Waals surface area contributed by atoms with Gasteiger partial charge < -0.3 is 18.9 Å². The number of rotatable bonds is 41. The first kappa shape index (κ1) is 49.7. The Balaban J connectivity index is 4.09. The van der Waals surface area contributed by atoms with E-state index in [-0.39, 0.29) is 19.3 Å². The molecule has 7 nitrogen and oxygen atoms in total. The first-order chi connectivity index (χ1) is 24.2. The van der Waals surface area contributed by atoms with Gasteiger partial charge in [-0.15, -0.1) is 0 Å². The number of quaternary nitrogens is 1. The van der Waals surface area contributed by atoms with E-state index in [2.05, 4.69) is 26.0 Å². The van der Waals surface area contributed by atoms with Crippen molar-refractivity contribution in [2.75, 3.05) is 60.7 Å². The molecule has 0 aromatic rings. The summed E-state index contributed by atoms with van der Waals surface area (Å²) in [7, 11) is 1.91. The average Bonchev–Trinajstić information content (AvgIpc) is 3.07. The van der Waals surface area contributed by atoms with Crippen LogP contribution in [-0.4, -0.2) is 76.2 Å². The number of ether oxygens (including phenoxy) is 2. The lowest BCUT2D eigenvalue weighted by molar-refractivity contribution is -0.870. The number of unbranched alkanes of at least 4 members (excludes halogenated alkanes) is 25. The molecule has 0 aromatic carbocycles. The van der Waals surface area contributed by atoms with Crippen LogP contribution < -0.4 is 0 Å². The van der Waals surface area contributed by atoms with E-state index >= 15 is 0 Å². The number of hydrogen-bond acceptors (Lipinski definition) is 5. The predicted octanol–water partition coefficient (Wildman–Crippen LogP) is 12.7. The van der Waals surface area contributed by atoms with E-state index in [1.165, 1.54) is 161 Å². The summed E-state index contributed by atoms with van der Waals surface area (Å²) in [5.41, 5.74) is 0. The van der Waals surface area contributed by atoms with Crippen LogP contribution in [0.25, 0.3) is 0 Å². The molecule has 0 aliphatic heterocycles. The van der Waals surface area contributed by atoms with Gasteiger partial charge >= 0.3 is 7.82 Å². The number of likely N-dealkylation sites (N-methyl/N-ethyl adjacent to an activating group) is 1. The van der Waals surface area contributed by atoms with E-state index in [9.17, 15) is 9.46 Å². The molecule has 2 unspecified atom stereocenters. The maximum atomic E-state index is 12.5. The molecule has 0 spiro atoms. The van der Waals surface area contributed by atoms with Crippen molar-refractivity contribution in [1.82, 2.24) is 0 Å². The zero-order valence-corrected chi connectivity index (χ0v) is 35.1. The first-order valence-corrected chi connectivity index (χ1v) is 23.0. The molecule has 0 rings (SSSR count). The summed E-state index contributed by atoms with van der Waals surface area (Å²) in [6.45, 7) is 6.97. The molecule has 0 amide bonds. The molecule has 300 valence electrons. The van der Waals surface area contributed by atoms with E-state index in [4.69, 9.17) is 18.5 Å². The number of phosphoric acid groups is 1. The number of hydrogen-bond donors (Lipinski definition) is 1. The maximum Gasteiger partial charge on any atom is 0.472 e. The van der Waals surface area contributed by atoms with Crippen molar-refractivity contribution in [3.63, 3.8) is 0 Å². The summed E-state index contributed by atoms with van der Waals surface area (Å²) >= 11 is 0. The van der Waals surface area contributed by atoms with Crippen molar-refractivity contribution >= 4 is 7.82 Å². The van der Waals surface area contributed by atoms with E-state index < -0.39 is 7.82 Å². The van der Waals surface area contributed by atoms with Crippen LogP contribution in [0.5, 0.6) is 0 Å². The highest BCUT2D eigenvalue weighted by Crippen LogP contribution is 2.43. The third-order valence-electron chi connectivity index (χ3n) is 9.40. The molecule has 0 aliphatic rings. The lowest BCUT2D eigenvalue weighted by Crippen LogP contribution is -2.37. The smallest absolute Gasteiger partial charge is 0.379 e. The van der Waals surface area contributed by atoms with Crippen molar-refractivity contribution in [3.8, 4) is 0 Å². The van der Waals surface area contributed by atoms with Gasteiger partial charge in [0.1, 0.15) is 19.3 Å². The van der Waals surface area contributed by atoms with E-state index in [0.29, 0.717) is 30.8 Å². The number of nitrogens with zero attached hydrogens (tertiary/aromatic N) is 1. The van der Waals surface area contributed by atoms with Crippen molar-refractivity contribution in [2.24, 2.45) is 0 Å². The Morgan fingerprint density at radius 3 is 1.36 bits per heavy atom. The Kier molecular flexibility index (Phi) is 36.9. The van der Waals surface area contributed by atoms with Crippen LogP contribution in [0.1, 0.15) is 194 Å². The number of phosphoric ester groups is 1. The fourth-order valence-electron chi connectivity index (χ4n) is 6.00. The van der Waals surface area contributed by atoms with Crippen molar-refractivity contribution in [3.05, 3.63) is 12.2 Å². The fourth-order valence-corrected chi connectivity index (χ4v) is 6.74. The number of allylic oxidation sites excluding steroid dienone is 2. The van der Waals surface area contributed by atoms with Crippen LogP contribution in [0, 0.1) is 0 Å². The Labute approximate surface area is 312 Å². The minimum atomic E-state index is -4.14. The molecule has 0 heterocycles. The zero-order chi connectivity index (χ0) is 36.9. The normalized spacial score (nSPS) is 14.1. The molecule has 0 bridgehead atoms. The van der Waals surface area contributed by atoms with E-state index in [1.807, 2.05) is 21.1 Å². The van der Waals surface area contributed by atoms with Gasteiger partial charge in [0.2, 0.25) is 0 Å². The Morgan fingerprint density at radius 1 is 0.520 bits per heavy atom. The van der Waals surface area contributed by atoms with Gasteiger partial charge in [0.15, 0.2) is 0 Å². The van der Waals surface area contributed by atoms with E-state index in [0.717, 1.165) is 19.3 Å². The summed E-state index contributed by atoms with van der Waals surface area (Å²) in [6, 6.07) is 0. The minimum Gasteiger partial charge on any atom is -0.379 e. The fraction of sp³-hybridized carbons (Fsp3) is 0.952. The van der Waals surface area contributed by atoms with Gasteiger partial charge in [-0.05, 0) is 38.5 Å². The van der Waals surface area contributed by atoms with Crippen molar-refractivity contribution in [2.45, 2.75) is 200 Å². The van der Waals surface area contributed by atoms with Crippen molar-refractivity contribution < 1.29 is 32.5 Å². The quantitative estimate of drug-likeness (QED) is 0.0292. The topological polar surface area (TPSA) is 74.2 Å². The van der Waals surface area contributed by atoms with Crippen LogP contribution in [0.4, 0.5) is 0 Å². The Morgan fingerprint density at radius 2 is 0.920 bits per heavy atom. The molecule has 1 N–H and O–H groups in total. The van der Waals surface area contributed by atoms with Gasteiger partial charge in [-0.25, -0.2) is 4.57 Å². The highest BCUT2D eigenvalue weighted by molar-refractivity contribution is 7.47. The molecule has 0 fully saturated rings. The highest BCUT2D eigenvalue weighted by Gasteiger charge is 2.25. The van der Waals surface area contributed by atoms with E-state index in [1.54, 1.807) is 0 Å². The van der Waals surface area contributed by atoms with Crippen LogP contribution in [-0.2, 0) is 23.1 Å². The van der Waals surface area contributed by atoms with Gasteiger partial charge in [0.05, 0.1) is 34.4 Å². The summed E-state index contributed by atoms with van der Waals surface area (Å²) in [6.07, 6.45) is 40.9. The van der Waals surface area contributed by atoms with Crippen molar-refractivity contribution in [1.29, 1.82) is 0 Å². The van der Waals surface area contributed by atoms with Gasteiger partial charge in [-0.3, -0.25) is 9.05 Å². The highest BCUT2D eigenvalue weighted by atomic mass is 31.2. The standard InChI is InChI=1S/C42H86NO6P/c1-6-8-10-12-14-16-18-20-22-23-24-26-28-30-32-34-37-46-40-42(41-49-50(44,45)48-39-36-43(3,4)5)47-38-35-33-31-29-27-25-21-19-17-15-13-11-9-7-2/h20,22,42H,6-19,21,23-41H2,1-5H3/p+1/b22-20-. The van der Waals surface area contributed by atoms with Gasteiger partial charge in [-0.1, -0.05) is 167 Å². The van der Waals surface area contributed by atoms with Gasteiger partial charge in [0, 0.05) is 13.2 Å². The average molecular weight is 733 g/mol. The minimum absolute atomic E-state index is 0.00976. The molecule has 0 saturated carbocycles. The third kappa shape index (κ3) is 40.5. The Bertz CT molecular complexity index is 759. The molecule has 50 heavy (non-hydrogen) atoms. The summed E-state index contributed by atoms with van der Waals surface area (Å²) < 4.78 is 35.7. The second-order valence-corrected chi connectivity index (χ2v) is 17.2. The second-order valence-electron chi connectivity index (χ2n) is 15.7. The first-order valence-electron chi connectivity index (χ1n) is 21.5. The predicted molar refractivity (Wildman–Crippen MR) is 215 cm³/mol. The largest absolute Gasteiger partial charge is 0.472 e.